The fourth-order valence-electron chi connectivity index (χ4n) is 2.07. The lowest BCUT2D eigenvalue weighted by Gasteiger charge is -2.20. The van der Waals surface area contributed by atoms with Crippen LogP contribution in [0.1, 0.15) is 11.1 Å². The average molecular weight is 309 g/mol. The van der Waals surface area contributed by atoms with E-state index in [9.17, 15) is 13.2 Å². The van der Waals surface area contributed by atoms with Gasteiger partial charge in [0.2, 0.25) is 0 Å². The van der Waals surface area contributed by atoms with E-state index in [4.69, 9.17) is 0 Å². The van der Waals surface area contributed by atoms with Crippen LogP contribution in [0.15, 0.2) is 42.6 Å². The third-order valence-corrected chi connectivity index (χ3v) is 3.31. The summed E-state index contributed by atoms with van der Waals surface area (Å²) in [5.41, 5.74) is 1.40. The number of alkyl halides is 3. The zero-order chi connectivity index (χ0) is 16.3. The van der Waals surface area contributed by atoms with Crippen molar-refractivity contribution >= 4 is 11.5 Å². The Hall–Kier alpha value is -2.24. The van der Waals surface area contributed by atoms with Crippen molar-refractivity contribution in [1.29, 1.82) is 0 Å². The monoisotopic (exact) mass is 309 g/mol. The summed E-state index contributed by atoms with van der Waals surface area (Å²) < 4.78 is 37.6. The van der Waals surface area contributed by atoms with E-state index in [1.165, 1.54) is 6.07 Å². The molecular formula is C16H18F3N3. The fraction of sp³-hybridized carbons (Fsp3) is 0.312. The van der Waals surface area contributed by atoms with Gasteiger partial charge in [-0.15, -0.1) is 0 Å². The molecule has 0 aliphatic heterocycles. The number of pyridine rings is 1. The number of aromatic nitrogens is 1. The summed E-state index contributed by atoms with van der Waals surface area (Å²) in [7, 11) is 5.72. The molecule has 0 radical (unpaired) electrons. The maximum absolute atomic E-state index is 12.5. The Morgan fingerprint density at radius 2 is 1.77 bits per heavy atom. The van der Waals surface area contributed by atoms with Gasteiger partial charge in [-0.1, -0.05) is 12.1 Å². The van der Waals surface area contributed by atoms with Gasteiger partial charge in [-0.05, 0) is 29.8 Å². The van der Waals surface area contributed by atoms with E-state index in [1.54, 1.807) is 7.05 Å². The molecule has 0 aliphatic carbocycles. The molecule has 118 valence electrons. The minimum absolute atomic E-state index is 0.503. The Balaban J connectivity index is 2.12. The van der Waals surface area contributed by atoms with Gasteiger partial charge in [0.15, 0.2) is 0 Å². The van der Waals surface area contributed by atoms with Crippen LogP contribution in [0.25, 0.3) is 0 Å². The highest BCUT2D eigenvalue weighted by Gasteiger charge is 2.30. The second-order valence-corrected chi connectivity index (χ2v) is 5.32. The van der Waals surface area contributed by atoms with Crippen LogP contribution in [0.4, 0.5) is 24.7 Å². The topological polar surface area (TPSA) is 19.4 Å². The van der Waals surface area contributed by atoms with E-state index in [0.717, 1.165) is 23.5 Å². The molecule has 0 bridgehead atoms. The van der Waals surface area contributed by atoms with E-state index >= 15 is 0 Å². The molecule has 0 saturated heterocycles. The molecule has 0 saturated carbocycles. The Morgan fingerprint density at radius 1 is 1.05 bits per heavy atom. The number of rotatable bonds is 4. The molecule has 1 heterocycles. The lowest BCUT2D eigenvalue weighted by molar-refractivity contribution is -0.137. The summed E-state index contributed by atoms with van der Waals surface area (Å²) in [6.45, 7) is 0.569. The third-order valence-electron chi connectivity index (χ3n) is 3.31. The van der Waals surface area contributed by atoms with Crippen molar-refractivity contribution in [2.45, 2.75) is 12.7 Å². The third kappa shape index (κ3) is 3.90. The predicted molar refractivity (Wildman–Crippen MR) is 82.1 cm³/mol. The number of nitrogens with zero attached hydrogens (tertiary/aromatic N) is 3. The second kappa shape index (κ2) is 6.25. The van der Waals surface area contributed by atoms with E-state index < -0.39 is 11.7 Å². The van der Waals surface area contributed by atoms with Crippen LogP contribution in [0.2, 0.25) is 0 Å². The highest BCUT2D eigenvalue weighted by Crippen LogP contribution is 2.29. The smallest absolute Gasteiger partial charge is 0.378 e. The zero-order valence-corrected chi connectivity index (χ0v) is 12.7. The van der Waals surface area contributed by atoms with Crippen LogP contribution >= 0.6 is 0 Å². The molecule has 6 heteroatoms. The average Bonchev–Trinajstić information content (AvgIpc) is 2.46. The lowest BCUT2D eigenvalue weighted by atomic mass is 10.2. The molecule has 0 fully saturated rings. The van der Waals surface area contributed by atoms with Crippen molar-refractivity contribution in [3.05, 3.63) is 53.7 Å². The Morgan fingerprint density at radius 3 is 2.32 bits per heavy atom. The zero-order valence-electron chi connectivity index (χ0n) is 12.7. The molecule has 3 nitrogen and oxygen atoms in total. The van der Waals surface area contributed by atoms with Crippen LogP contribution in [-0.2, 0) is 12.7 Å². The number of hydrogen-bond donors (Lipinski definition) is 0. The molecule has 0 spiro atoms. The van der Waals surface area contributed by atoms with Gasteiger partial charge < -0.3 is 9.80 Å². The first-order chi connectivity index (χ1) is 10.3. The van der Waals surface area contributed by atoms with Crippen molar-refractivity contribution in [1.82, 2.24) is 4.98 Å². The summed E-state index contributed by atoms with van der Waals surface area (Å²) in [5.74, 6) is 0.503. The van der Waals surface area contributed by atoms with Crippen molar-refractivity contribution < 1.29 is 13.2 Å². The van der Waals surface area contributed by atoms with E-state index in [-0.39, 0.29) is 0 Å². The number of benzene rings is 1. The largest absolute Gasteiger partial charge is 0.417 e. The van der Waals surface area contributed by atoms with Crippen LogP contribution in [-0.4, -0.2) is 26.1 Å². The Kier molecular flexibility index (Phi) is 4.59. The second-order valence-electron chi connectivity index (χ2n) is 5.32. The maximum atomic E-state index is 12.5. The molecule has 0 unspecified atom stereocenters. The SMILES string of the molecule is CN(C)c1cccc(CN(C)c2ccc(C(F)(F)F)cn2)c1. The van der Waals surface area contributed by atoms with E-state index in [0.29, 0.717) is 12.4 Å². The highest BCUT2D eigenvalue weighted by atomic mass is 19.4. The van der Waals surface area contributed by atoms with Crippen molar-refractivity contribution in [2.24, 2.45) is 0 Å². The maximum Gasteiger partial charge on any atom is 0.417 e. The molecule has 1 aromatic heterocycles. The van der Waals surface area contributed by atoms with Crippen LogP contribution in [0.3, 0.4) is 0 Å². The quantitative estimate of drug-likeness (QED) is 0.856. The molecule has 2 rings (SSSR count). The first-order valence-electron chi connectivity index (χ1n) is 6.78. The summed E-state index contributed by atoms with van der Waals surface area (Å²) in [6.07, 6.45) is -3.49. The van der Waals surface area contributed by atoms with Gasteiger partial charge in [-0.2, -0.15) is 13.2 Å². The van der Waals surface area contributed by atoms with Gasteiger partial charge in [0.05, 0.1) is 5.56 Å². The molecule has 22 heavy (non-hydrogen) atoms. The van der Waals surface area contributed by atoms with Gasteiger partial charge in [0.1, 0.15) is 5.82 Å². The van der Waals surface area contributed by atoms with Crippen LogP contribution in [0, 0.1) is 0 Å². The van der Waals surface area contributed by atoms with Gasteiger partial charge >= 0.3 is 6.18 Å². The van der Waals surface area contributed by atoms with Gasteiger partial charge in [-0.3, -0.25) is 0 Å². The van der Waals surface area contributed by atoms with Crippen LogP contribution in [0.5, 0.6) is 0 Å². The minimum atomic E-state index is -4.36. The van der Waals surface area contributed by atoms with E-state index in [1.807, 2.05) is 48.2 Å². The predicted octanol–water partition coefficient (Wildman–Crippen LogP) is 3.80. The summed E-state index contributed by atoms with van der Waals surface area (Å²) in [5, 5.41) is 0. The van der Waals surface area contributed by atoms with Crippen LogP contribution < -0.4 is 9.80 Å². The summed E-state index contributed by atoms with van der Waals surface area (Å²) >= 11 is 0. The summed E-state index contributed by atoms with van der Waals surface area (Å²) in [6, 6.07) is 10.4. The molecule has 0 atom stereocenters. The molecule has 2 aromatic rings. The molecular weight excluding hydrogens is 291 g/mol. The Bertz CT molecular complexity index is 621. The van der Waals surface area contributed by atoms with Crippen molar-refractivity contribution in [2.75, 3.05) is 30.9 Å². The number of halogens is 3. The van der Waals surface area contributed by atoms with Crippen molar-refractivity contribution in [3.8, 4) is 0 Å². The lowest BCUT2D eigenvalue weighted by Crippen LogP contribution is -2.18. The number of hydrogen-bond acceptors (Lipinski definition) is 3. The standard InChI is InChI=1S/C16H18F3N3/c1-21(2)14-6-4-5-12(9-14)11-22(3)15-8-7-13(10-20-15)16(17,18)19/h4-10H,11H2,1-3H3. The minimum Gasteiger partial charge on any atom is -0.378 e. The molecule has 0 aliphatic rings. The van der Waals surface area contributed by atoms with E-state index in [2.05, 4.69) is 4.98 Å². The first-order valence-corrected chi connectivity index (χ1v) is 6.78. The van der Waals surface area contributed by atoms with Crippen molar-refractivity contribution in [3.63, 3.8) is 0 Å². The summed E-state index contributed by atoms with van der Waals surface area (Å²) in [4.78, 5) is 7.71. The Labute approximate surface area is 128 Å². The van der Waals surface area contributed by atoms with Gasteiger partial charge in [-0.25, -0.2) is 4.98 Å². The molecule has 0 amide bonds. The highest BCUT2D eigenvalue weighted by molar-refractivity contribution is 5.48. The van der Waals surface area contributed by atoms with Gasteiger partial charge in [0.25, 0.3) is 0 Å². The normalized spacial score (nSPS) is 11.4. The number of anilines is 2. The first kappa shape index (κ1) is 16.1. The molecule has 1 aromatic carbocycles. The van der Waals surface area contributed by atoms with Gasteiger partial charge in [0, 0.05) is 39.6 Å². The fourth-order valence-corrected chi connectivity index (χ4v) is 2.07. The molecule has 0 N–H and O–H groups in total.